The van der Waals surface area contributed by atoms with Gasteiger partial charge in [-0.15, -0.1) is 0 Å². The molecule has 0 unspecified atom stereocenters. The number of carbonyl (C=O) groups is 1. The van der Waals surface area contributed by atoms with E-state index >= 15 is 0 Å². The Hall–Kier alpha value is -3.21. The molecule has 29 heavy (non-hydrogen) atoms. The lowest BCUT2D eigenvalue weighted by Crippen LogP contribution is -2.26. The first-order chi connectivity index (χ1) is 13.9. The zero-order valence-electron chi connectivity index (χ0n) is 17.3. The number of aryl methyl sites for hydroxylation is 1. The number of rotatable bonds is 7. The molecule has 5 nitrogen and oxygen atoms in total. The van der Waals surface area contributed by atoms with Gasteiger partial charge in [-0.25, -0.2) is 9.97 Å². The van der Waals surface area contributed by atoms with Gasteiger partial charge in [0.15, 0.2) is 0 Å². The van der Waals surface area contributed by atoms with Crippen molar-refractivity contribution in [2.24, 2.45) is 0 Å². The van der Waals surface area contributed by atoms with Crippen LogP contribution in [0.5, 0.6) is 0 Å². The highest BCUT2D eigenvalue weighted by molar-refractivity contribution is 5.92. The second kappa shape index (κ2) is 9.32. The lowest BCUT2D eigenvalue weighted by molar-refractivity contribution is 0.0948. The molecule has 1 heterocycles. The Morgan fingerprint density at radius 2 is 1.69 bits per heavy atom. The summed E-state index contributed by atoms with van der Waals surface area (Å²) < 4.78 is 0. The highest BCUT2D eigenvalue weighted by atomic mass is 16.1. The molecule has 2 aromatic carbocycles. The quantitative estimate of drug-likeness (QED) is 0.566. The van der Waals surface area contributed by atoms with Gasteiger partial charge in [-0.3, -0.25) is 4.79 Å². The van der Waals surface area contributed by atoms with E-state index in [2.05, 4.69) is 65.6 Å². The minimum Gasteiger partial charge on any atom is -0.351 e. The number of benzene rings is 2. The summed E-state index contributed by atoms with van der Waals surface area (Å²) in [7, 11) is 0. The Labute approximate surface area is 172 Å². The van der Waals surface area contributed by atoms with E-state index < -0.39 is 0 Å². The molecule has 5 heteroatoms. The van der Waals surface area contributed by atoms with Gasteiger partial charge in [-0.2, -0.15) is 0 Å². The summed E-state index contributed by atoms with van der Waals surface area (Å²) in [6.07, 6.45) is 3.41. The van der Waals surface area contributed by atoms with Crippen LogP contribution in [-0.2, 0) is 11.8 Å². The van der Waals surface area contributed by atoms with Crippen molar-refractivity contribution in [3.8, 4) is 0 Å². The van der Waals surface area contributed by atoms with Crippen molar-refractivity contribution in [3.05, 3.63) is 83.7 Å². The first-order valence-corrected chi connectivity index (χ1v) is 9.94. The molecule has 0 saturated heterocycles. The van der Waals surface area contributed by atoms with Gasteiger partial charge in [-0.05, 0) is 47.6 Å². The van der Waals surface area contributed by atoms with Crippen LogP contribution in [0, 0.1) is 0 Å². The first kappa shape index (κ1) is 20.5. The van der Waals surface area contributed by atoms with Gasteiger partial charge >= 0.3 is 0 Å². The molecule has 3 rings (SSSR count). The summed E-state index contributed by atoms with van der Waals surface area (Å²) in [4.78, 5) is 21.0. The smallest absolute Gasteiger partial charge is 0.270 e. The SMILES string of the molecule is CC(C)(C)c1ccc(Nc2nccc(C(=O)NCCCc3ccccc3)n2)cc1. The van der Waals surface area contributed by atoms with Crippen LogP contribution in [0.2, 0.25) is 0 Å². The zero-order chi connectivity index (χ0) is 20.7. The fourth-order valence-corrected chi connectivity index (χ4v) is 2.96. The lowest BCUT2D eigenvalue weighted by atomic mass is 9.87. The molecular formula is C24H28N4O. The van der Waals surface area contributed by atoms with E-state index in [1.165, 1.54) is 11.1 Å². The van der Waals surface area contributed by atoms with Gasteiger partial charge in [0.1, 0.15) is 5.69 Å². The van der Waals surface area contributed by atoms with Crippen molar-refractivity contribution in [1.29, 1.82) is 0 Å². The molecule has 1 amide bonds. The maximum absolute atomic E-state index is 12.4. The fourth-order valence-electron chi connectivity index (χ4n) is 2.96. The van der Waals surface area contributed by atoms with E-state index in [0.717, 1.165) is 18.5 Å². The molecule has 0 radical (unpaired) electrons. The highest BCUT2D eigenvalue weighted by Gasteiger charge is 2.13. The van der Waals surface area contributed by atoms with Gasteiger partial charge in [0, 0.05) is 18.4 Å². The summed E-state index contributed by atoms with van der Waals surface area (Å²) >= 11 is 0. The van der Waals surface area contributed by atoms with Crippen molar-refractivity contribution in [3.63, 3.8) is 0 Å². The molecule has 0 saturated carbocycles. The Morgan fingerprint density at radius 1 is 0.966 bits per heavy atom. The number of anilines is 2. The Balaban J connectivity index is 1.54. The van der Waals surface area contributed by atoms with Gasteiger partial charge in [-0.1, -0.05) is 63.2 Å². The van der Waals surface area contributed by atoms with Crippen LogP contribution >= 0.6 is 0 Å². The number of amides is 1. The zero-order valence-corrected chi connectivity index (χ0v) is 17.3. The van der Waals surface area contributed by atoms with Crippen LogP contribution in [0.1, 0.15) is 48.8 Å². The van der Waals surface area contributed by atoms with Crippen molar-refractivity contribution in [2.75, 3.05) is 11.9 Å². The predicted molar refractivity (Wildman–Crippen MR) is 118 cm³/mol. The monoisotopic (exact) mass is 388 g/mol. The highest BCUT2D eigenvalue weighted by Crippen LogP contribution is 2.24. The summed E-state index contributed by atoms with van der Waals surface area (Å²) in [6.45, 7) is 7.15. The van der Waals surface area contributed by atoms with Crippen molar-refractivity contribution < 1.29 is 4.79 Å². The van der Waals surface area contributed by atoms with Crippen LogP contribution in [0.15, 0.2) is 66.9 Å². The number of carbonyl (C=O) groups excluding carboxylic acids is 1. The second-order valence-electron chi connectivity index (χ2n) is 8.06. The Morgan fingerprint density at radius 3 is 2.38 bits per heavy atom. The van der Waals surface area contributed by atoms with E-state index in [4.69, 9.17) is 0 Å². The molecule has 2 N–H and O–H groups in total. The minimum atomic E-state index is -0.188. The van der Waals surface area contributed by atoms with E-state index in [1.54, 1.807) is 12.3 Å². The van der Waals surface area contributed by atoms with Crippen molar-refractivity contribution in [2.45, 2.75) is 39.0 Å². The van der Waals surface area contributed by atoms with Gasteiger partial charge < -0.3 is 10.6 Å². The van der Waals surface area contributed by atoms with E-state index in [-0.39, 0.29) is 11.3 Å². The topological polar surface area (TPSA) is 66.9 Å². The molecule has 0 bridgehead atoms. The molecule has 3 aromatic rings. The van der Waals surface area contributed by atoms with Crippen LogP contribution < -0.4 is 10.6 Å². The molecule has 0 aliphatic rings. The van der Waals surface area contributed by atoms with Gasteiger partial charge in [0.25, 0.3) is 5.91 Å². The Bertz CT molecular complexity index is 931. The summed E-state index contributed by atoms with van der Waals surface area (Å²) in [5.74, 6) is 0.219. The average Bonchev–Trinajstić information content (AvgIpc) is 2.72. The minimum absolute atomic E-state index is 0.105. The van der Waals surface area contributed by atoms with Gasteiger partial charge in [0.05, 0.1) is 0 Å². The summed E-state index contributed by atoms with van der Waals surface area (Å²) in [6, 6.07) is 20.1. The van der Waals surface area contributed by atoms with E-state index in [1.807, 2.05) is 30.3 Å². The Kier molecular flexibility index (Phi) is 6.60. The third kappa shape index (κ3) is 6.14. The molecule has 0 fully saturated rings. The maximum atomic E-state index is 12.4. The lowest BCUT2D eigenvalue weighted by Gasteiger charge is -2.19. The normalized spacial score (nSPS) is 11.1. The van der Waals surface area contributed by atoms with Crippen LogP contribution in [0.3, 0.4) is 0 Å². The molecule has 0 aliphatic carbocycles. The largest absolute Gasteiger partial charge is 0.351 e. The third-order valence-electron chi connectivity index (χ3n) is 4.67. The van der Waals surface area contributed by atoms with Crippen LogP contribution in [-0.4, -0.2) is 22.4 Å². The number of aromatic nitrogens is 2. The molecule has 0 aliphatic heterocycles. The van der Waals surface area contributed by atoms with E-state index in [0.29, 0.717) is 18.2 Å². The number of nitrogens with one attached hydrogen (secondary N) is 2. The van der Waals surface area contributed by atoms with E-state index in [9.17, 15) is 4.79 Å². The third-order valence-corrected chi connectivity index (χ3v) is 4.67. The predicted octanol–water partition coefficient (Wildman–Crippen LogP) is 4.88. The molecule has 0 spiro atoms. The molecule has 1 aromatic heterocycles. The van der Waals surface area contributed by atoms with Crippen molar-refractivity contribution >= 4 is 17.5 Å². The fraction of sp³-hybridized carbons (Fsp3) is 0.292. The second-order valence-corrected chi connectivity index (χ2v) is 8.06. The standard InChI is InChI=1S/C24H28N4O/c1-24(2,3)19-11-13-20(14-12-19)27-23-26-17-15-21(28-23)22(29)25-16-7-10-18-8-5-4-6-9-18/h4-6,8-9,11-15,17H,7,10,16H2,1-3H3,(H,25,29)(H,26,27,28). The average molecular weight is 389 g/mol. The first-order valence-electron chi connectivity index (χ1n) is 9.94. The molecular weight excluding hydrogens is 360 g/mol. The summed E-state index contributed by atoms with van der Waals surface area (Å²) in [5, 5.41) is 6.09. The number of nitrogens with zero attached hydrogens (tertiary/aromatic N) is 2. The van der Waals surface area contributed by atoms with Crippen LogP contribution in [0.4, 0.5) is 11.6 Å². The van der Waals surface area contributed by atoms with Crippen molar-refractivity contribution in [1.82, 2.24) is 15.3 Å². The summed E-state index contributed by atoms with van der Waals surface area (Å²) in [5.41, 5.74) is 3.88. The molecule has 150 valence electrons. The number of hydrogen-bond acceptors (Lipinski definition) is 4. The van der Waals surface area contributed by atoms with Crippen LogP contribution in [0.25, 0.3) is 0 Å². The van der Waals surface area contributed by atoms with Gasteiger partial charge in [0.2, 0.25) is 5.95 Å². The maximum Gasteiger partial charge on any atom is 0.270 e. The molecule has 0 atom stereocenters. The number of hydrogen-bond donors (Lipinski definition) is 2.